The van der Waals surface area contributed by atoms with E-state index in [4.69, 9.17) is 5.73 Å². The number of nitrogen functional groups attached to an aromatic ring is 1. The topological polar surface area (TPSA) is 78.5 Å². The number of phenols is 2. The van der Waals surface area contributed by atoms with E-state index in [0.717, 1.165) is 107 Å². The predicted molar refractivity (Wildman–Crippen MR) is 293 cm³/mol. The molecule has 0 aliphatic rings. The Morgan fingerprint density at radius 1 is 0.544 bits per heavy atom. The molecule has 4 nitrogen and oxygen atoms in total. The van der Waals surface area contributed by atoms with E-state index < -0.39 is 0 Å². The van der Waals surface area contributed by atoms with Crippen molar-refractivity contribution in [2.75, 3.05) is 11.1 Å². The van der Waals surface area contributed by atoms with Crippen molar-refractivity contribution < 1.29 is 10.2 Å². The van der Waals surface area contributed by atoms with Crippen LogP contribution in [0, 0.1) is 0 Å². The van der Waals surface area contributed by atoms with Gasteiger partial charge in [-0.1, -0.05) is 165 Å². The maximum absolute atomic E-state index is 11.0. The normalized spacial score (nSPS) is 12.6. The Morgan fingerprint density at radius 2 is 1.09 bits per heavy atom. The first-order valence-electron chi connectivity index (χ1n) is 26.3. The van der Waals surface area contributed by atoms with Crippen molar-refractivity contribution in [1.29, 1.82) is 0 Å². The van der Waals surface area contributed by atoms with E-state index in [9.17, 15) is 10.2 Å². The second kappa shape index (κ2) is 25.6. The number of nitrogens with two attached hydrogens (primary N) is 1. The molecule has 6 rings (SSSR count). The summed E-state index contributed by atoms with van der Waals surface area (Å²) >= 11 is 0. The number of aromatic hydroxyl groups is 2. The molecule has 0 bridgehead atoms. The molecule has 2 atom stereocenters. The lowest BCUT2D eigenvalue weighted by Crippen LogP contribution is -2.14. The van der Waals surface area contributed by atoms with E-state index in [0.29, 0.717) is 17.4 Å². The lowest BCUT2D eigenvalue weighted by atomic mass is 9.86. The quantitative estimate of drug-likeness (QED) is 0.0341. The summed E-state index contributed by atoms with van der Waals surface area (Å²) in [6.45, 7) is 18.0. The van der Waals surface area contributed by atoms with Gasteiger partial charge in [0.05, 0.1) is 6.04 Å². The molecule has 4 heteroatoms. The van der Waals surface area contributed by atoms with Crippen molar-refractivity contribution in [2.45, 2.75) is 170 Å². The fourth-order valence-electron chi connectivity index (χ4n) is 10.4. The number of para-hydroxylation sites is 2. The molecule has 0 heterocycles. The maximum Gasteiger partial charge on any atom is 0.123 e. The van der Waals surface area contributed by atoms with Gasteiger partial charge >= 0.3 is 0 Å². The Kier molecular flexibility index (Phi) is 19.4. The smallest absolute Gasteiger partial charge is 0.123 e. The summed E-state index contributed by atoms with van der Waals surface area (Å²) in [4.78, 5) is 0. The van der Waals surface area contributed by atoms with Crippen molar-refractivity contribution in [3.05, 3.63) is 193 Å². The van der Waals surface area contributed by atoms with Gasteiger partial charge in [-0.15, -0.1) is 0 Å². The third-order valence-electron chi connectivity index (χ3n) is 14.5. The minimum Gasteiger partial charge on any atom is -0.508 e. The van der Waals surface area contributed by atoms with Crippen LogP contribution in [0.3, 0.4) is 0 Å². The molecule has 360 valence electrons. The summed E-state index contributed by atoms with van der Waals surface area (Å²) in [5.74, 6) is 1.01. The average molecular weight is 911 g/mol. The number of unbranched alkanes of at least 4 members (excludes halogenated alkanes) is 2. The number of phenolic OH excluding ortho intramolecular Hbond substituents is 2. The Morgan fingerprint density at radius 3 is 1.71 bits per heavy atom. The molecular formula is C64H82N2O2. The molecule has 0 spiro atoms. The highest BCUT2D eigenvalue weighted by atomic mass is 16.3. The van der Waals surface area contributed by atoms with Crippen molar-refractivity contribution >= 4 is 16.9 Å². The summed E-state index contributed by atoms with van der Waals surface area (Å²) in [6.07, 6.45) is 18.3. The Balaban J connectivity index is 1.31. The number of hydrogen-bond acceptors (Lipinski definition) is 4. The van der Waals surface area contributed by atoms with Crippen LogP contribution >= 0.6 is 0 Å². The number of rotatable bonds is 25. The lowest BCUT2D eigenvalue weighted by Gasteiger charge is -2.25. The van der Waals surface area contributed by atoms with E-state index in [1.807, 2.05) is 30.3 Å². The second-order valence-electron chi connectivity index (χ2n) is 19.2. The summed E-state index contributed by atoms with van der Waals surface area (Å²) in [5, 5.41) is 25.7. The highest BCUT2D eigenvalue weighted by Crippen LogP contribution is 2.36. The minimum atomic E-state index is -0.0108. The van der Waals surface area contributed by atoms with Crippen molar-refractivity contribution in [1.82, 2.24) is 0 Å². The standard InChI is InChI=1S/C64H82N2O2/c1-9-16-23-54-34-31-45(38-50(54)11-3)36-46-32-35-57(44(8)30-33-49(10-2)58-26-19-21-28-61(58)67)55(39-46)24-17-18-25-56-43-48(37-47-40-51(12-4)63(65)52(13-5)41-47)42-53(14-6)64(56)66-60(15-7)59-27-20-22-29-62(59)68/h19-22,26-29,31-35,38-44,60,66-68H,9-18,23-25,30,36-37,65H2,1-8H3. The Hall–Kier alpha value is -5.74. The minimum absolute atomic E-state index is 0.0108. The van der Waals surface area contributed by atoms with Crippen molar-refractivity contribution in [3.8, 4) is 11.5 Å². The molecule has 0 saturated heterocycles. The fraction of sp³-hybridized carbons (Fsp3) is 0.406. The molecule has 0 aliphatic heterocycles. The SMILES string of the molecule is CCCCc1ccc(Cc2ccc(C(C)CC=C(CC)c3ccccc3O)c(CCCCc3cc(Cc4cc(CC)c(N)c(CC)c4)cc(CC)c3NC(CC)c3ccccc3O)c2)cc1CC. The molecule has 0 amide bonds. The van der Waals surface area contributed by atoms with Gasteiger partial charge in [0.25, 0.3) is 0 Å². The summed E-state index contributed by atoms with van der Waals surface area (Å²) in [5.41, 5.74) is 28.3. The third kappa shape index (κ3) is 13.3. The van der Waals surface area contributed by atoms with Gasteiger partial charge in [0.1, 0.15) is 11.5 Å². The number of benzene rings is 6. The van der Waals surface area contributed by atoms with Crippen LogP contribution in [0.4, 0.5) is 11.4 Å². The van der Waals surface area contributed by atoms with Crippen LogP contribution in [-0.2, 0) is 57.8 Å². The molecule has 5 N–H and O–H groups in total. The van der Waals surface area contributed by atoms with Crippen molar-refractivity contribution in [3.63, 3.8) is 0 Å². The van der Waals surface area contributed by atoms with Gasteiger partial charge in [-0.2, -0.15) is 0 Å². The molecular weight excluding hydrogens is 829 g/mol. The molecule has 68 heavy (non-hydrogen) atoms. The number of hydrogen-bond donors (Lipinski definition) is 4. The monoisotopic (exact) mass is 911 g/mol. The zero-order valence-electron chi connectivity index (χ0n) is 42.9. The van der Waals surface area contributed by atoms with Gasteiger partial charge < -0.3 is 21.3 Å². The highest BCUT2D eigenvalue weighted by Gasteiger charge is 2.20. The van der Waals surface area contributed by atoms with Gasteiger partial charge in [-0.05, 0) is 187 Å². The molecule has 6 aromatic carbocycles. The summed E-state index contributed by atoms with van der Waals surface area (Å²) in [6, 6.07) is 39.5. The summed E-state index contributed by atoms with van der Waals surface area (Å²) < 4.78 is 0. The fourth-order valence-corrected chi connectivity index (χ4v) is 10.4. The largest absolute Gasteiger partial charge is 0.508 e. The summed E-state index contributed by atoms with van der Waals surface area (Å²) in [7, 11) is 0. The number of aryl methyl sites for hydroxylation is 7. The number of anilines is 2. The number of nitrogens with one attached hydrogen (secondary N) is 1. The van der Waals surface area contributed by atoms with Crippen molar-refractivity contribution in [2.24, 2.45) is 0 Å². The highest BCUT2D eigenvalue weighted by molar-refractivity contribution is 5.70. The first-order valence-corrected chi connectivity index (χ1v) is 26.3. The first-order chi connectivity index (χ1) is 33.0. The van der Waals surface area contributed by atoms with Crippen LogP contribution in [0.1, 0.15) is 190 Å². The first kappa shape index (κ1) is 51.6. The van der Waals surface area contributed by atoms with E-state index in [1.165, 1.54) is 90.9 Å². The second-order valence-corrected chi connectivity index (χ2v) is 19.2. The molecule has 0 radical (unpaired) electrons. The van der Waals surface area contributed by atoms with Gasteiger partial charge in [0.15, 0.2) is 0 Å². The van der Waals surface area contributed by atoms with Gasteiger partial charge in [0, 0.05) is 22.5 Å². The van der Waals surface area contributed by atoms with E-state index in [1.54, 1.807) is 12.1 Å². The molecule has 0 aliphatic carbocycles. The van der Waals surface area contributed by atoms with Crippen LogP contribution in [0.2, 0.25) is 0 Å². The van der Waals surface area contributed by atoms with E-state index in [-0.39, 0.29) is 6.04 Å². The Labute approximate surface area is 411 Å². The van der Waals surface area contributed by atoms with Crippen LogP contribution in [0.25, 0.3) is 5.57 Å². The lowest BCUT2D eigenvalue weighted by molar-refractivity contribution is 0.462. The van der Waals surface area contributed by atoms with Crippen LogP contribution in [-0.4, -0.2) is 10.2 Å². The molecule has 0 saturated carbocycles. The third-order valence-corrected chi connectivity index (χ3v) is 14.5. The zero-order valence-corrected chi connectivity index (χ0v) is 42.9. The van der Waals surface area contributed by atoms with Crippen LogP contribution < -0.4 is 11.1 Å². The number of allylic oxidation sites excluding steroid dienone is 2. The van der Waals surface area contributed by atoms with E-state index in [2.05, 4.69) is 134 Å². The predicted octanol–water partition coefficient (Wildman–Crippen LogP) is 16.6. The average Bonchev–Trinajstić information content (AvgIpc) is 3.35. The van der Waals surface area contributed by atoms with Crippen LogP contribution in [0.5, 0.6) is 11.5 Å². The van der Waals surface area contributed by atoms with Gasteiger partial charge in [0.2, 0.25) is 0 Å². The zero-order chi connectivity index (χ0) is 48.6. The Bertz CT molecular complexity index is 2580. The van der Waals surface area contributed by atoms with Gasteiger partial charge in [-0.25, -0.2) is 0 Å². The molecule has 2 unspecified atom stereocenters. The van der Waals surface area contributed by atoms with Crippen LogP contribution in [0.15, 0.2) is 115 Å². The van der Waals surface area contributed by atoms with Gasteiger partial charge in [-0.3, -0.25) is 0 Å². The van der Waals surface area contributed by atoms with E-state index >= 15 is 0 Å². The molecule has 0 aromatic heterocycles. The molecule has 6 aromatic rings. The maximum atomic E-state index is 11.0. The molecule has 0 fully saturated rings.